The van der Waals surface area contributed by atoms with E-state index in [0.29, 0.717) is 20.3 Å². The summed E-state index contributed by atoms with van der Waals surface area (Å²) >= 11 is 12.0. The van der Waals surface area contributed by atoms with Crippen molar-refractivity contribution in [1.29, 1.82) is 0 Å². The van der Waals surface area contributed by atoms with Crippen LogP contribution in [0.3, 0.4) is 0 Å². The highest BCUT2D eigenvalue weighted by Gasteiger charge is 2.08. The van der Waals surface area contributed by atoms with Gasteiger partial charge in [-0.2, -0.15) is 0 Å². The minimum Gasteiger partial charge on any atom is -0.488 e. The van der Waals surface area contributed by atoms with Crippen LogP contribution in [0.1, 0.15) is 5.56 Å². The standard InChI is InChI=1S/C13H7Br2ClF2O/c14-8-1-7(2-9(17)3-8)6-19-13-5-12(18)11(16)4-10(13)15/h1-5H,6H2. The largest absolute Gasteiger partial charge is 0.488 e. The van der Waals surface area contributed by atoms with E-state index in [9.17, 15) is 8.78 Å². The first kappa shape index (κ1) is 14.8. The Morgan fingerprint density at radius 1 is 1.05 bits per heavy atom. The van der Waals surface area contributed by atoms with Crippen LogP contribution in [0.5, 0.6) is 5.75 Å². The van der Waals surface area contributed by atoms with E-state index in [1.807, 2.05) is 0 Å². The van der Waals surface area contributed by atoms with Crippen molar-refractivity contribution in [2.75, 3.05) is 0 Å². The quantitative estimate of drug-likeness (QED) is 0.586. The highest BCUT2D eigenvalue weighted by molar-refractivity contribution is 9.10. The molecule has 0 saturated carbocycles. The second-order valence-corrected chi connectivity index (χ2v) is 5.94. The lowest BCUT2D eigenvalue weighted by atomic mass is 10.2. The van der Waals surface area contributed by atoms with Crippen LogP contribution in [0.25, 0.3) is 0 Å². The van der Waals surface area contributed by atoms with E-state index in [1.165, 1.54) is 24.3 Å². The SMILES string of the molecule is Fc1cc(Br)cc(COc2cc(F)c(Cl)cc2Br)c1. The minimum atomic E-state index is -0.569. The fraction of sp³-hybridized carbons (Fsp3) is 0.0769. The third-order valence-electron chi connectivity index (χ3n) is 2.29. The van der Waals surface area contributed by atoms with Crippen LogP contribution < -0.4 is 4.74 Å². The molecule has 2 rings (SSSR count). The minimum absolute atomic E-state index is 0.00715. The third kappa shape index (κ3) is 3.91. The molecule has 0 bridgehead atoms. The van der Waals surface area contributed by atoms with Gasteiger partial charge < -0.3 is 4.74 Å². The summed E-state index contributed by atoms with van der Waals surface area (Å²) in [6, 6.07) is 7.02. The molecule has 1 nitrogen and oxygen atoms in total. The van der Waals surface area contributed by atoms with Crippen molar-refractivity contribution in [1.82, 2.24) is 0 Å². The van der Waals surface area contributed by atoms with Gasteiger partial charge in [-0.1, -0.05) is 27.5 Å². The molecular formula is C13H7Br2ClF2O. The summed E-state index contributed by atoms with van der Waals surface area (Å²) in [6.45, 7) is 0.121. The van der Waals surface area contributed by atoms with Gasteiger partial charge in [0.05, 0.1) is 9.50 Å². The maximum atomic E-state index is 13.3. The molecule has 0 aromatic heterocycles. The van der Waals surface area contributed by atoms with E-state index >= 15 is 0 Å². The molecule has 19 heavy (non-hydrogen) atoms. The van der Waals surface area contributed by atoms with Gasteiger partial charge in [-0.3, -0.25) is 0 Å². The number of benzene rings is 2. The summed E-state index contributed by atoms with van der Waals surface area (Å²) in [6.07, 6.45) is 0. The van der Waals surface area contributed by atoms with Crippen LogP contribution in [0, 0.1) is 11.6 Å². The van der Waals surface area contributed by atoms with Gasteiger partial charge in [-0.05, 0) is 45.8 Å². The molecule has 0 N–H and O–H groups in total. The lowest BCUT2D eigenvalue weighted by molar-refractivity contribution is 0.302. The fourth-order valence-corrected chi connectivity index (χ4v) is 2.74. The summed E-state index contributed by atoms with van der Waals surface area (Å²) < 4.78 is 33.1. The highest BCUT2D eigenvalue weighted by atomic mass is 79.9. The predicted molar refractivity (Wildman–Crippen MR) is 77.5 cm³/mol. The van der Waals surface area contributed by atoms with Crippen molar-refractivity contribution in [3.8, 4) is 5.75 Å². The maximum absolute atomic E-state index is 13.3. The number of ether oxygens (including phenoxy) is 1. The van der Waals surface area contributed by atoms with Crippen molar-refractivity contribution in [2.45, 2.75) is 6.61 Å². The Hall–Kier alpha value is -0.650. The van der Waals surface area contributed by atoms with Gasteiger partial charge >= 0.3 is 0 Å². The molecule has 6 heteroatoms. The molecule has 0 aliphatic heterocycles. The molecule has 0 aliphatic rings. The molecular weight excluding hydrogens is 405 g/mol. The van der Waals surface area contributed by atoms with E-state index in [2.05, 4.69) is 31.9 Å². The summed E-state index contributed by atoms with van der Waals surface area (Å²) in [5.41, 5.74) is 0.633. The molecule has 0 fully saturated rings. The summed E-state index contributed by atoms with van der Waals surface area (Å²) in [4.78, 5) is 0. The Bertz CT molecular complexity index is 600. The molecule has 0 amide bonds. The van der Waals surface area contributed by atoms with Gasteiger partial charge in [-0.15, -0.1) is 0 Å². The Morgan fingerprint density at radius 2 is 1.79 bits per heavy atom. The molecule has 0 unspecified atom stereocenters. The number of halogens is 5. The number of hydrogen-bond acceptors (Lipinski definition) is 1. The second-order valence-electron chi connectivity index (χ2n) is 3.76. The van der Waals surface area contributed by atoms with Crippen LogP contribution in [-0.4, -0.2) is 0 Å². The van der Waals surface area contributed by atoms with E-state index in [0.717, 1.165) is 0 Å². The zero-order valence-electron chi connectivity index (χ0n) is 9.39. The maximum Gasteiger partial charge on any atom is 0.145 e. The van der Waals surface area contributed by atoms with Crippen LogP contribution in [0.15, 0.2) is 39.3 Å². The van der Waals surface area contributed by atoms with Gasteiger partial charge in [0.1, 0.15) is 24.0 Å². The molecule has 0 spiro atoms. The lowest BCUT2D eigenvalue weighted by Crippen LogP contribution is -1.97. The fourth-order valence-electron chi connectivity index (χ4n) is 1.47. The zero-order chi connectivity index (χ0) is 14.0. The summed E-state index contributed by atoms with van der Waals surface area (Å²) in [5, 5.41) is 0.00715. The Kier molecular flexibility index (Phi) is 4.81. The molecule has 2 aromatic carbocycles. The number of rotatable bonds is 3. The van der Waals surface area contributed by atoms with Crippen LogP contribution in [0.4, 0.5) is 8.78 Å². The molecule has 0 aliphatic carbocycles. The van der Waals surface area contributed by atoms with E-state index in [4.69, 9.17) is 16.3 Å². The first-order chi connectivity index (χ1) is 8.95. The first-order valence-corrected chi connectivity index (χ1v) is 7.14. The summed E-state index contributed by atoms with van der Waals surface area (Å²) in [7, 11) is 0. The monoisotopic (exact) mass is 410 g/mol. The predicted octanol–water partition coefficient (Wildman–Crippen LogP) is 5.72. The highest BCUT2D eigenvalue weighted by Crippen LogP contribution is 2.31. The average molecular weight is 412 g/mol. The van der Waals surface area contributed by atoms with E-state index < -0.39 is 5.82 Å². The Balaban J connectivity index is 2.16. The van der Waals surface area contributed by atoms with Gasteiger partial charge in [0.25, 0.3) is 0 Å². The Labute approximate surface area is 130 Å². The molecule has 0 atom stereocenters. The third-order valence-corrected chi connectivity index (χ3v) is 3.66. The Morgan fingerprint density at radius 3 is 2.47 bits per heavy atom. The van der Waals surface area contributed by atoms with Crippen LogP contribution in [0.2, 0.25) is 5.02 Å². The van der Waals surface area contributed by atoms with Crippen molar-refractivity contribution in [2.24, 2.45) is 0 Å². The van der Waals surface area contributed by atoms with Gasteiger partial charge in [0.2, 0.25) is 0 Å². The van der Waals surface area contributed by atoms with Crippen LogP contribution >= 0.6 is 43.5 Å². The van der Waals surface area contributed by atoms with Crippen LogP contribution in [-0.2, 0) is 6.61 Å². The van der Waals surface area contributed by atoms with Gasteiger partial charge in [-0.25, -0.2) is 8.78 Å². The molecule has 100 valence electrons. The molecule has 0 heterocycles. The van der Waals surface area contributed by atoms with Gasteiger partial charge in [0, 0.05) is 10.5 Å². The molecule has 0 saturated heterocycles. The second kappa shape index (κ2) is 6.20. The van der Waals surface area contributed by atoms with Crippen molar-refractivity contribution in [3.63, 3.8) is 0 Å². The zero-order valence-corrected chi connectivity index (χ0v) is 13.3. The normalized spacial score (nSPS) is 10.6. The smallest absolute Gasteiger partial charge is 0.145 e. The number of hydrogen-bond donors (Lipinski definition) is 0. The topological polar surface area (TPSA) is 9.23 Å². The van der Waals surface area contributed by atoms with Crippen molar-refractivity contribution >= 4 is 43.5 Å². The van der Waals surface area contributed by atoms with Gasteiger partial charge in [0.15, 0.2) is 0 Å². The summed E-state index contributed by atoms with van der Waals surface area (Å²) in [5.74, 6) is -0.628. The van der Waals surface area contributed by atoms with E-state index in [-0.39, 0.29) is 17.4 Å². The molecule has 2 aromatic rings. The average Bonchev–Trinajstić information content (AvgIpc) is 2.31. The van der Waals surface area contributed by atoms with Crippen molar-refractivity contribution < 1.29 is 13.5 Å². The lowest BCUT2D eigenvalue weighted by Gasteiger charge is -2.09. The molecule has 0 radical (unpaired) electrons. The van der Waals surface area contributed by atoms with E-state index in [1.54, 1.807) is 6.07 Å². The van der Waals surface area contributed by atoms with Crippen molar-refractivity contribution in [3.05, 3.63) is 61.5 Å². The first-order valence-electron chi connectivity index (χ1n) is 5.18.